The fraction of sp³-hybridized carbons (Fsp3) is 0.188. The Morgan fingerprint density at radius 3 is 2.79 bits per heavy atom. The van der Waals surface area contributed by atoms with E-state index in [1.807, 2.05) is 0 Å². The molecule has 0 atom stereocenters. The van der Waals surface area contributed by atoms with Gasteiger partial charge < -0.3 is 20.9 Å². The molecule has 1 aliphatic heterocycles. The van der Waals surface area contributed by atoms with E-state index in [9.17, 15) is 9.50 Å². The fourth-order valence-corrected chi connectivity index (χ4v) is 2.50. The van der Waals surface area contributed by atoms with Gasteiger partial charge >= 0.3 is 0 Å². The maximum atomic E-state index is 13.3. The summed E-state index contributed by atoms with van der Waals surface area (Å²) in [6.45, 7) is 1.22. The first kappa shape index (κ1) is 14.6. The zero-order valence-corrected chi connectivity index (χ0v) is 12.5. The van der Waals surface area contributed by atoms with Crippen LogP contribution in [0, 0.1) is 5.82 Å². The first-order chi connectivity index (χ1) is 11.6. The van der Waals surface area contributed by atoms with E-state index < -0.39 is 11.6 Å². The number of aromatic hydroxyl groups is 1. The molecule has 3 heterocycles. The molecule has 122 valence electrons. The third-order valence-electron chi connectivity index (χ3n) is 3.88. The van der Waals surface area contributed by atoms with Crippen molar-refractivity contribution in [1.82, 2.24) is 15.0 Å². The van der Waals surface area contributed by atoms with Crippen molar-refractivity contribution in [1.29, 1.82) is 0 Å². The minimum atomic E-state index is -0.687. The van der Waals surface area contributed by atoms with Crippen molar-refractivity contribution in [3.63, 3.8) is 0 Å². The molecule has 0 saturated carbocycles. The summed E-state index contributed by atoms with van der Waals surface area (Å²) >= 11 is 0. The van der Waals surface area contributed by atoms with Gasteiger partial charge in [-0.1, -0.05) is 6.07 Å². The highest BCUT2D eigenvalue weighted by Crippen LogP contribution is 2.32. The smallest absolute Gasteiger partial charge is 0.223 e. The molecule has 0 spiro atoms. The molecular weight excluding hydrogens is 313 g/mol. The number of nitrogens with one attached hydrogen (secondary N) is 1. The number of benzene rings is 1. The minimum absolute atomic E-state index is 0.181. The van der Waals surface area contributed by atoms with Crippen LogP contribution in [-0.4, -0.2) is 39.3 Å². The molecule has 1 aromatic carbocycles. The van der Waals surface area contributed by atoms with Crippen molar-refractivity contribution in [2.45, 2.75) is 6.04 Å². The highest BCUT2D eigenvalue weighted by atomic mass is 19.1. The monoisotopic (exact) mass is 327 g/mol. The van der Waals surface area contributed by atoms with Crippen LogP contribution >= 0.6 is 0 Å². The van der Waals surface area contributed by atoms with Crippen molar-refractivity contribution >= 4 is 22.7 Å². The quantitative estimate of drug-likeness (QED) is 0.675. The number of phenols is 1. The van der Waals surface area contributed by atoms with E-state index in [-0.39, 0.29) is 6.04 Å². The molecule has 3 aromatic rings. The number of nitrogens with zero attached hydrogens (tertiary/aromatic N) is 3. The number of ether oxygens (including phenoxy) is 1. The zero-order chi connectivity index (χ0) is 16.7. The van der Waals surface area contributed by atoms with Gasteiger partial charge in [-0.15, -0.1) is 0 Å². The summed E-state index contributed by atoms with van der Waals surface area (Å²) in [5.74, 6) is -0.363. The predicted octanol–water partition coefficient (Wildman–Crippen LogP) is 1.93. The summed E-state index contributed by atoms with van der Waals surface area (Å²) in [6.07, 6.45) is 3.15. The van der Waals surface area contributed by atoms with Crippen LogP contribution in [0.2, 0.25) is 0 Å². The van der Waals surface area contributed by atoms with Gasteiger partial charge in [-0.05, 0) is 17.7 Å². The topological polar surface area (TPSA) is 106 Å². The number of halogens is 1. The second-order valence-corrected chi connectivity index (χ2v) is 5.56. The van der Waals surface area contributed by atoms with Crippen molar-refractivity contribution in [3.05, 3.63) is 36.4 Å². The summed E-state index contributed by atoms with van der Waals surface area (Å²) in [5.41, 5.74) is 7.70. The van der Waals surface area contributed by atoms with E-state index in [0.717, 1.165) is 0 Å². The number of phenolic OH excluding ortho intramolecular Hbond substituents is 1. The standard InChI is InChI=1S/C16H14FN5O2/c17-12-2-1-8(3-13(12)23)10-4-19-15(18)11-5-20-16(22-14(10)11)21-9-6-24-7-9/h1-5,9,23H,6-7H2,(H2,18,19)(H,20,21,22). The van der Waals surface area contributed by atoms with Gasteiger partial charge in [0.15, 0.2) is 11.6 Å². The SMILES string of the molecule is Nc1ncc(-c2ccc(F)c(O)c2)c2nc(NC3COC3)ncc12. The summed E-state index contributed by atoms with van der Waals surface area (Å²) in [6, 6.07) is 4.26. The normalized spacial score (nSPS) is 14.5. The molecule has 24 heavy (non-hydrogen) atoms. The van der Waals surface area contributed by atoms with Crippen LogP contribution in [0.1, 0.15) is 0 Å². The summed E-state index contributed by atoms with van der Waals surface area (Å²) in [5, 5.41) is 13.4. The van der Waals surface area contributed by atoms with Crippen molar-refractivity contribution in [3.8, 4) is 16.9 Å². The first-order valence-corrected chi connectivity index (χ1v) is 7.36. The maximum Gasteiger partial charge on any atom is 0.223 e. The summed E-state index contributed by atoms with van der Waals surface area (Å²) in [7, 11) is 0. The lowest BCUT2D eigenvalue weighted by atomic mass is 10.0. The molecule has 1 saturated heterocycles. The van der Waals surface area contributed by atoms with Gasteiger partial charge in [0.25, 0.3) is 0 Å². The molecule has 4 N–H and O–H groups in total. The Bertz CT molecular complexity index is 930. The van der Waals surface area contributed by atoms with E-state index in [1.54, 1.807) is 18.5 Å². The van der Waals surface area contributed by atoms with Crippen molar-refractivity contribution in [2.75, 3.05) is 24.3 Å². The van der Waals surface area contributed by atoms with Gasteiger partial charge in [0.2, 0.25) is 5.95 Å². The number of pyridine rings is 1. The van der Waals surface area contributed by atoms with Crippen LogP contribution < -0.4 is 11.1 Å². The lowest BCUT2D eigenvalue weighted by Gasteiger charge is -2.26. The summed E-state index contributed by atoms with van der Waals surface area (Å²) < 4.78 is 18.4. The lowest BCUT2D eigenvalue weighted by molar-refractivity contribution is 0.0208. The Morgan fingerprint density at radius 2 is 2.08 bits per heavy atom. The number of hydrogen-bond donors (Lipinski definition) is 3. The van der Waals surface area contributed by atoms with E-state index >= 15 is 0 Å². The third-order valence-corrected chi connectivity index (χ3v) is 3.88. The highest BCUT2D eigenvalue weighted by Gasteiger charge is 2.20. The van der Waals surface area contributed by atoms with E-state index in [2.05, 4.69) is 20.3 Å². The molecule has 0 radical (unpaired) electrons. The molecule has 1 fully saturated rings. The van der Waals surface area contributed by atoms with Crippen molar-refractivity contribution in [2.24, 2.45) is 0 Å². The summed E-state index contributed by atoms with van der Waals surface area (Å²) in [4.78, 5) is 12.9. The van der Waals surface area contributed by atoms with Gasteiger partial charge in [-0.3, -0.25) is 0 Å². The molecule has 2 aromatic heterocycles. The molecule has 7 nitrogen and oxygen atoms in total. The van der Waals surface area contributed by atoms with Crippen LogP contribution in [0.5, 0.6) is 5.75 Å². The van der Waals surface area contributed by atoms with Crippen LogP contribution in [0.3, 0.4) is 0 Å². The molecule has 0 aliphatic carbocycles. The average Bonchev–Trinajstić information content (AvgIpc) is 2.54. The number of fused-ring (bicyclic) bond motifs is 1. The van der Waals surface area contributed by atoms with E-state index in [4.69, 9.17) is 10.5 Å². The Morgan fingerprint density at radius 1 is 1.25 bits per heavy atom. The van der Waals surface area contributed by atoms with Crippen molar-refractivity contribution < 1.29 is 14.2 Å². The van der Waals surface area contributed by atoms with Crippen LogP contribution in [0.15, 0.2) is 30.6 Å². The number of hydrogen-bond acceptors (Lipinski definition) is 7. The molecular formula is C16H14FN5O2. The van der Waals surface area contributed by atoms with Gasteiger partial charge in [0.1, 0.15) is 5.82 Å². The maximum absolute atomic E-state index is 13.3. The number of nitrogen functional groups attached to an aromatic ring is 1. The molecule has 1 aliphatic rings. The largest absolute Gasteiger partial charge is 0.505 e. The molecule has 0 unspecified atom stereocenters. The van der Waals surface area contributed by atoms with Gasteiger partial charge in [-0.25, -0.2) is 19.3 Å². The second-order valence-electron chi connectivity index (χ2n) is 5.56. The minimum Gasteiger partial charge on any atom is -0.505 e. The Labute approximate surface area is 136 Å². The molecule has 0 bridgehead atoms. The number of aromatic nitrogens is 3. The van der Waals surface area contributed by atoms with E-state index in [0.29, 0.717) is 47.0 Å². The second kappa shape index (κ2) is 5.57. The fourth-order valence-electron chi connectivity index (χ4n) is 2.50. The predicted molar refractivity (Wildman–Crippen MR) is 87.0 cm³/mol. The molecule has 0 amide bonds. The van der Waals surface area contributed by atoms with Crippen LogP contribution in [-0.2, 0) is 4.74 Å². The first-order valence-electron chi connectivity index (χ1n) is 7.36. The van der Waals surface area contributed by atoms with Gasteiger partial charge in [0.05, 0.1) is 30.2 Å². The lowest BCUT2D eigenvalue weighted by Crippen LogP contribution is -2.40. The van der Waals surface area contributed by atoms with Crippen LogP contribution in [0.4, 0.5) is 16.2 Å². The van der Waals surface area contributed by atoms with Gasteiger partial charge in [0, 0.05) is 18.0 Å². The molecule has 8 heteroatoms. The third kappa shape index (κ3) is 2.46. The number of anilines is 2. The zero-order valence-electron chi connectivity index (χ0n) is 12.5. The number of rotatable bonds is 3. The number of nitrogens with two attached hydrogens (primary N) is 1. The van der Waals surface area contributed by atoms with E-state index in [1.165, 1.54) is 12.1 Å². The Hall–Kier alpha value is -3.00. The van der Waals surface area contributed by atoms with Gasteiger partial charge in [-0.2, -0.15) is 0 Å². The molecule has 4 rings (SSSR count). The Kier molecular flexibility index (Phi) is 3.39. The average molecular weight is 327 g/mol. The highest BCUT2D eigenvalue weighted by molar-refractivity contribution is 5.98. The van der Waals surface area contributed by atoms with Crippen LogP contribution in [0.25, 0.3) is 22.0 Å². The Balaban J connectivity index is 1.85.